The normalized spacial score (nSPS) is 10.8. The van der Waals surface area contributed by atoms with E-state index in [1.54, 1.807) is 6.07 Å². The van der Waals surface area contributed by atoms with E-state index in [-0.39, 0.29) is 0 Å². The van der Waals surface area contributed by atoms with Gasteiger partial charge in [-0.2, -0.15) is 0 Å². The zero-order valence-corrected chi connectivity index (χ0v) is 10.8. The second kappa shape index (κ2) is 4.24. The third kappa shape index (κ3) is 1.87. The SMILES string of the molecule is CNc1nc2ccccn2c1-c1cc(N)nc(C)n1. The van der Waals surface area contributed by atoms with Gasteiger partial charge in [0.15, 0.2) is 5.82 Å². The molecule has 19 heavy (non-hydrogen) atoms. The molecule has 3 heterocycles. The van der Waals surface area contributed by atoms with Gasteiger partial charge in [-0.15, -0.1) is 0 Å². The average molecular weight is 254 g/mol. The minimum atomic E-state index is 0.454. The van der Waals surface area contributed by atoms with Gasteiger partial charge in [-0.1, -0.05) is 6.07 Å². The number of anilines is 2. The third-order valence-corrected chi connectivity index (χ3v) is 2.87. The standard InChI is InChI=1S/C13H14N6/c1-8-16-9(7-10(14)17-8)12-13(15-2)18-11-5-3-4-6-19(11)12/h3-7,15H,1-2H3,(H2,14,16,17). The number of pyridine rings is 1. The molecule has 0 atom stereocenters. The van der Waals surface area contributed by atoms with Crippen molar-refractivity contribution in [2.24, 2.45) is 0 Å². The molecule has 0 amide bonds. The van der Waals surface area contributed by atoms with E-state index in [4.69, 9.17) is 5.73 Å². The van der Waals surface area contributed by atoms with Crippen LogP contribution in [0.4, 0.5) is 11.6 Å². The second-order valence-corrected chi connectivity index (χ2v) is 4.21. The van der Waals surface area contributed by atoms with E-state index in [2.05, 4.69) is 20.3 Å². The lowest BCUT2D eigenvalue weighted by Gasteiger charge is -2.05. The van der Waals surface area contributed by atoms with Crippen LogP contribution in [0, 0.1) is 6.92 Å². The molecule has 6 heteroatoms. The van der Waals surface area contributed by atoms with E-state index in [0.717, 1.165) is 22.9 Å². The summed E-state index contributed by atoms with van der Waals surface area (Å²) in [6.07, 6.45) is 1.95. The fourth-order valence-corrected chi connectivity index (χ4v) is 2.13. The number of nitrogen functional groups attached to an aromatic ring is 1. The highest BCUT2D eigenvalue weighted by Crippen LogP contribution is 2.28. The van der Waals surface area contributed by atoms with Crippen LogP contribution in [-0.2, 0) is 0 Å². The molecule has 3 aromatic rings. The first-order chi connectivity index (χ1) is 9.19. The van der Waals surface area contributed by atoms with Gasteiger partial charge in [-0.25, -0.2) is 15.0 Å². The number of rotatable bonds is 2. The molecule has 0 spiro atoms. The number of fused-ring (bicyclic) bond motifs is 1. The minimum absolute atomic E-state index is 0.454. The van der Waals surface area contributed by atoms with Crippen molar-refractivity contribution < 1.29 is 0 Å². The van der Waals surface area contributed by atoms with E-state index in [0.29, 0.717) is 11.6 Å². The van der Waals surface area contributed by atoms with Gasteiger partial charge in [0.05, 0.1) is 5.69 Å². The van der Waals surface area contributed by atoms with E-state index in [1.165, 1.54) is 0 Å². The quantitative estimate of drug-likeness (QED) is 0.727. The number of hydrogen-bond acceptors (Lipinski definition) is 5. The predicted molar refractivity (Wildman–Crippen MR) is 74.9 cm³/mol. The molecule has 3 aromatic heterocycles. The highest BCUT2D eigenvalue weighted by molar-refractivity contribution is 5.75. The van der Waals surface area contributed by atoms with Crippen molar-refractivity contribution >= 4 is 17.3 Å². The first-order valence-electron chi connectivity index (χ1n) is 5.95. The molecule has 3 rings (SSSR count). The van der Waals surface area contributed by atoms with Gasteiger partial charge < -0.3 is 11.1 Å². The summed E-state index contributed by atoms with van der Waals surface area (Å²) in [6.45, 7) is 1.82. The maximum absolute atomic E-state index is 5.80. The highest BCUT2D eigenvalue weighted by Gasteiger charge is 2.15. The Morgan fingerprint density at radius 1 is 1.21 bits per heavy atom. The van der Waals surface area contributed by atoms with E-state index < -0.39 is 0 Å². The Kier molecular flexibility index (Phi) is 2.56. The second-order valence-electron chi connectivity index (χ2n) is 4.21. The molecule has 6 nitrogen and oxygen atoms in total. The van der Waals surface area contributed by atoms with Crippen LogP contribution in [0.5, 0.6) is 0 Å². The molecule has 0 bridgehead atoms. The first-order valence-corrected chi connectivity index (χ1v) is 5.95. The maximum atomic E-state index is 5.80. The predicted octanol–water partition coefficient (Wildman–Crippen LogP) is 1.72. The molecule has 0 saturated carbocycles. The lowest BCUT2D eigenvalue weighted by atomic mass is 10.2. The van der Waals surface area contributed by atoms with Crippen LogP contribution in [0.25, 0.3) is 17.0 Å². The van der Waals surface area contributed by atoms with E-state index in [9.17, 15) is 0 Å². The van der Waals surface area contributed by atoms with E-state index >= 15 is 0 Å². The molecule has 0 saturated heterocycles. The van der Waals surface area contributed by atoms with Crippen molar-refractivity contribution in [3.63, 3.8) is 0 Å². The van der Waals surface area contributed by atoms with Crippen molar-refractivity contribution in [2.75, 3.05) is 18.1 Å². The Morgan fingerprint density at radius 2 is 2.05 bits per heavy atom. The van der Waals surface area contributed by atoms with Crippen molar-refractivity contribution in [2.45, 2.75) is 6.92 Å². The minimum Gasteiger partial charge on any atom is -0.384 e. The van der Waals surface area contributed by atoms with Crippen molar-refractivity contribution in [3.8, 4) is 11.4 Å². The summed E-state index contributed by atoms with van der Waals surface area (Å²) in [5.41, 5.74) is 8.30. The molecular formula is C13H14N6. The summed E-state index contributed by atoms with van der Waals surface area (Å²) in [4.78, 5) is 13.1. The van der Waals surface area contributed by atoms with Crippen LogP contribution in [0.3, 0.4) is 0 Å². The zero-order valence-electron chi connectivity index (χ0n) is 10.8. The Balaban J connectivity index is 2.34. The molecule has 0 aliphatic heterocycles. The number of aryl methyl sites for hydroxylation is 1. The molecule has 0 fully saturated rings. The number of aromatic nitrogens is 4. The van der Waals surface area contributed by atoms with Crippen LogP contribution < -0.4 is 11.1 Å². The molecule has 0 radical (unpaired) electrons. The van der Waals surface area contributed by atoms with Crippen molar-refractivity contribution in [1.82, 2.24) is 19.4 Å². The first kappa shape index (κ1) is 11.5. The molecule has 0 aliphatic carbocycles. The van der Waals surface area contributed by atoms with Crippen LogP contribution in [0.15, 0.2) is 30.5 Å². The van der Waals surface area contributed by atoms with Gasteiger partial charge >= 0.3 is 0 Å². The molecule has 96 valence electrons. The Bertz CT molecular complexity index is 726. The summed E-state index contributed by atoms with van der Waals surface area (Å²) < 4.78 is 1.98. The summed E-state index contributed by atoms with van der Waals surface area (Å²) in [5, 5.41) is 3.09. The number of nitrogens with two attached hydrogens (primary N) is 1. The van der Waals surface area contributed by atoms with Gasteiger partial charge in [0.25, 0.3) is 0 Å². The van der Waals surface area contributed by atoms with Gasteiger partial charge in [-0.05, 0) is 19.1 Å². The number of nitrogens with one attached hydrogen (secondary N) is 1. The van der Waals surface area contributed by atoms with Crippen LogP contribution in [0.2, 0.25) is 0 Å². The summed E-state index contributed by atoms with van der Waals surface area (Å²) >= 11 is 0. The van der Waals surface area contributed by atoms with Crippen molar-refractivity contribution in [3.05, 3.63) is 36.3 Å². The summed E-state index contributed by atoms with van der Waals surface area (Å²) in [6, 6.07) is 7.60. The zero-order chi connectivity index (χ0) is 13.4. The Hall–Kier alpha value is -2.63. The molecule has 0 unspecified atom stereocenters. The number of hydrogen-bond donors (Lipinski definition) is 2. The smallest absolute Gasteiger partial charge is 0.154 e. The fourth-order valence-electron chi connectivity index (χ4n) is 2.13. The van der Waals surface area contributed by atoms with Gasteiger partial charge in [-0.3, -0.25) is 4.40 Å². The summed E-state index contributed by atoms with van der Waals surface area (Å²) in [7, 11) is 1.84. The topological polar surface area (TPSA) is 81.1 Å². The third-order valence-electron chi connectivity index (χ3n) is 2.87. The largest absolute Gasteiger partial charge is 0.384 e. The van der Waals surface area contributed by atoms with Crippen molar-refractivity contribution in [1.29, 1.82) is 0 Å². The lowest BCUT2D eigenvalue weighted by molar-refractivity contribution is 1.05. The maximum Gasteiger partial charge on any atom is 0.154 e. The van der Waals surface area contributed by atoms with Crippen LogP contribution in [0.1, 0.15) is 5.82 Å². The van der Waals surface area contributed by atoms with E-state index in [1.807, 2.05) is 42.8 Å². The van der Waals surface area contributed by atoms with Gasteiger partial charge in [0.2, 0.25) is 0 Å². The number of imidazole rings is 1. The highest BCUT2D eigenvalue weighted by atomic mass is 15.1. The molecular weight excluding hydrogens is 240 g/mol. The Labute approximate surface area is 110 Å². The van der Waals surface area contributed by atoms with Gasteiger partial charge in [0, 0.05) is 19.3 Å². The molecule has 3 N–H and O–H groups in total. The molecule has 0 aliphatic rings. The van der Waals surface area contributed by atoms with Crippen LogP contribution in [-0.4, -0.2) is 26.4 Å². The average Bonchev–Trinajstić information content (AvgIpc) is 2.75. The molecule has 0 aromatic carbocycles. The summed E-state index contributed by atoms with van der Waals surface area (Å²) in [5.74, 6) is 1.86. The van der Waals surface area contributed by atoms with Crippen LogP contribution >= 0.6 is 0 Å². The fraction of sp³-hybridized carbons (Fsp3) is 0.154. The lowest BCUT2D eigenvalue weighted by Crippen LogP contribution is -2.00. The number of nitrogens with zero attached hydrogens (tertiary/aromatic N) is 4. The monoisotopic (exact) mass is 254 g/mol. The Morgan fingerprint density at radius 3 is 2.79 bits per heavy atom. The van der Waals surface area contributed by atoms with Gasteiger partial charge in [0.1, 0.15) is 23.0 Å².